The van der Waals surface area contributed by atoms with E-state index in [9.17, 15) is 0 Å². The molecule has 0 aliphatic carbocycles. The van der Waals surface area contributed by atoms with Crippen LogP contribution in [-0.4, -0.2) is 6.71 Å². The maximum atomic E-state index is 2.51. The van der Waals surface area contributed by atoms with Gasteiger partial charge in [0.1, 0.15) is 0 Å². The lowest BCUT2D eigenvalue weighted by Crippen LogP contribution is -2.59. The maximum absolute atomic E-state index is 2.51. The standard InChI is InChI=1S/C48H31BN2/c1-3-17-36(18-4-1)50(37-19-5-2-6-20-37)44-28-27-39-40-21-12-24-45-48(40)49(42-23-11-22-41(44)47(39)42)43-30-34-15-9-10-16-35(34)31-46(43)51(45)38-26-25-32-13-7-8-14-33(32)29-38/h1-31H. The quantitative estimate of drug-likeness (QED) is 0.176. The second-order valence-electron chi connectivity index (χ2n) is 13.7. The topological polar surface area (TPSA) is 6.48 Å². The summed E-state index contributed by atoms with van der Waals surface area (Å²) in [5.74, 6) is 0. The molecule has 0 fully saturated rings. The van der Waals surface area contributed by atoms with Crippen molar-refractivity contribution < 1.29 is 0 Å². The van der Waals surface area contributed by atoms with Crippen molar-refractivity contribution >= 4 is 89.5 Å². The van der Waals surface area contributed by atoms with Gasteiger partial charge in [-0.2, -0.15) is 0 Å². The molecule has 11 rings (SSSR count). The molecule has 0 aromatic heterocycles. The molecule has 0 atom stereocenters. The van der Waals surface area contributed by atoms with Crippen LogP contribution in [0.15, 0.2) is 188 Å². The summed E-state index contributed by atoms with van der Waals surface area (Å²) >= 11 is 0. The Labute approximate surface area is 297 Å². The number of hydrogen-bond donors (Lipinski definition) is 0. The van der Waals surface area contributed by atoms with E-state index in [1.807, 2.05) is 0 Å². The lowest BCUT2D eigenvalue weighted by molar-refractivity contribution is 1.29. The van der Waals surface area contributed by atoms with Gasteiger partial charge in [-0.1, -0.05) is 139 Å². The van der Waals surface area contributed by atoms with Crippen molar-refractivity contribution in [3.05, 3.63) is 188 Å². The summed E-state index contributed by atoms with van der Waals surface area (Å²) in [5, 5.41) is 7.60. The van der Waals surface area contributed by atoms with Crippen molar-refractivity contribution in [2.45, 2.75) is 0 Å². The van der Waals surface area contributed by atoms with Gasteiger partial charge in [0.2, 0.25) is 6.71 Å². The summed E-state index contributed by atoms with van der Waals surface area (Å²) in [4.78, 5) is 4.91. The van der Waals surface area contributed by atoms with Crippen molar-refractivity contribution in [3.8, 4) is 11.1 Å². The van der Waals surface area contributed by atoms with Gasteiger partial charge in [-0.15, -0.1) is 0 Å². The van der Waals surface area contributed by atoms with E-state index in [1.165, 1.54) is 82.6 Å². The SMILES string of the molecule is c1ccc(N(c2ccccc2)c2ccc3c4c(cccc24)B2c4cc5ccccc5cc4N(c4ccc5ccccc5c4)c4cccc-3c42)cc1. The van der Waals surface area contributed by atoms with E-state index in [4.69, 9.17) is 0 Å². The molecule has 0 N–H and O–H groups in total. The molecule has 0 saturated carbocycles. The van der Waals surface area contributed by atoms with Crippen LogP contribution in [0.4, 0.5) is 34.1 Å². The summed E-state index contributed by atoms with van der Waals surface area (Å²) in [6.07, 6.45) is 0. The lowest BCUT2D eigenvalue weighted by Gasteiger charge is -2.41. The Morgan fingerprint density at radius 2 is 1.06 bits per heavy atom. The van der Waals surface area contributed by atoms with Gasteiger partial charge in [0.25, 0.3) is 0 Å². The summed E-state index contributed by atoms with van der Waals surface area (Å²) in [7, 11) is 0. The molecule has 0 spiro atoms. The van der Waals surface area contributed by atoms with E-state index in [1.54, 1.807) is 0 Å². The second-order valence-corrected chi connectivity index (χ2v) is 13.7. The number of fused-ring (bicyclic) bond motifs is 6. The van der Waals surface area contributed by atoms with Crippen LogP contribution in [0.2, 0.25) is 0 Å². The van der Waals surface area contributed by atoms with Crippen LogP contribution in [0.25, 0.3) is 43.4 Å². The molecule has 3 heteroatoms. The molecule has 2 nitrogen and oxygen atoms in total. The van der Waals surface area contributed by atoms with E-state index >= 15 is 0 Å². The third-order valence-electron chi connectivity index (χ3n) is 11.0. The first-order valence-electron chi connectivity index (χ1n) is 17.7. The van der Waals surface area contributed by atoms with E-state index in [2.05, 4.69) is 198 Å². The average Bonchev–Trinajstić information content (AvgIpc) is 3.20. The highest BCUT2D eigenvalue weighted by Gasteiger charge is 2.41. The molecule has 0 bridgehead atoms. The summed E-state index contributed by atoms with van der Waals surface area (Å²) in [6, 6.07) is 69.3. The third kappa shape index (κ3) is 4.19. The molecule has 2 heterocycles. The second kappa shape index (κ2) is 11.0. The molecule has 0 radical (unpaired) electrons. The van der Waals surface area contributed by atoms with Crippen LogP contribution in [-0.2, 0) is 0 Å². The lowest BCUT2D eigenvalue weighted by atomic mass is 9.32. The maximum Gasteiger partial charge on any atom is 0.248 e. The molecule has 0 unspecified atom stereocenters. The summed E-state index contributed by atoms with van der Waals surface area (Å²) < 4.78 is 0. The van der Waals surface area contributed by atoms with Crippen LogP contribution in [0.3, 0.4) is 0 Å². The Kier molecular flexibility index (Phi) is 6.08. The van der Waals surface area contributed by atoms with Crippen molar-refractivity contribution in [1.29, 1.82) is 0 Å². The van der Waals surface area contributed by atoms with Gasteiger partial charge in [-0.25, -0.2) is 0 Å². The monoisotopic (exact) mass is 646 g/mol. The number of para-hydroxylation sites is 2. The molecule has 2 aliphatic heterocycles. The molecule has 0 saturated heterocycles. The van der Waals surface area contributed by atoms with Crippen LogP contribution >= 0.6 is 0 Å². The van der Waals surface area contributed by atoms with Gasteiger partial charge in [0.05, 0.1) is 5.69 Å². The van der Waals surface area contributed by atoms with Crippen LogP contribution in [0, 0.1) is 0 Å². The van der Waals surface area contributed by atoms with Crippen molar-refractivity contribution in [2.75, 3.05) is 9.80 Å². The van der Waals surface area contributed by atoms with Crippen molar-refractivity contribution in [3.63, 3.8) is 0 Å². The van der Waals surface area contributed by atoms with Crippen LogP contribution < -0.4 is 26.2 Å². The van der Waals surface area contributed by atoms with Gasteiger partial charge in [0.15, 0.2) is 0 Å². The molecule has 236 valence electrons. The number of rotatable bonds is 4. The highest BCUT2D eigenvalue weighted by molar-refractivity contribution is 7.01. The van der Waals surface area contributed by atoms with Gasteiger partial charge in [0, 0.05) is 33.8 Å². The molecular formula is C48H31BN2. The zero-order valence-corrected chi connectivity index (χ0v) is 27.9. The van der Waals surface area contributed by atoms with Crippen molar-refractivity contribution in [1.82, 2.24) is 0 Å². The Morgan fingerprint density at radius 1 is 0.412 bits per heavy atom. The minimum atomic E-state index is 0.0841. The minimum Gasteiger partial charge on any atom is -0.311 e. The number of nitrogens with zero attached hydrogens (tertiary/aromatic N) is 2. The van der Waals surface area contributed by atoms with E-state index in [0.29, 0.717) is 0 Å². The van der Waals surface area contributed by atoms with Crippen LogP contribution in [0.5, 0.6) is 0 Å². The Balaban J connectivity index is 1.21. The fourth-order valence-corrected chi connectivity index (χ4v) is 8.82. The van der Waals surface area contributed by atoms with Gasteiger partial charge >= 0.3 is 0 Å². The fourth-order valence-electron chi connectivity index (χ4n) is 8.82. The fraction of sp³-hybridized carbons (Fsp3) is 0. The van der Waals surface area contributed by atoms with Gasteiger partial charge in [-0.05, 0) is 104 Å². The summed E-state index contributed by atoms with van der Waals surface area (Å²) in [5.41, 5.74) is 13.8. The molecule has 9 aromatic carbocycles. The molecule has 2 aliphatic rings. The van der Waals surface area contributed by atoms with Crippen molar-refractivity contribution in [2.24, 2.45) is 0 Å². The predicted molar refractivity (Wildman–Crippen MR) is 218 cm³/mol. The number of benzene rings is 9. The highest BCUT2D eigenvalue weighted by Crippen LogP contribution is 2.46. The summed E-state index contributed by atoms with van der Waals surface area (Å²) in [6.45, 7) is 0.0841. The zero-order valence-electron chi connectivity index (χ0n) is 27.9. The number of anilines is 6. The first-order valence-corrected chi connectivity index (χ1v) is 17.7. The van der Waals surface area contributed by atoms with E-state index < -0.39 is 0 Å². The minimum absolute atomic E-state index is 0.0841. The number of hydrogen-bond acceptors (Lipinski definition) is 2. The van der Waals surface area contributed by atoms with Gasteiger partial charge < -0.3 is 9.80 Å². The first-order chi connectivity index (χ1) is 25.3. The normalized spacial score (nSPS) is 12.6. The molecule has 0 amide bonds. The predicted octanol–water partition coefficient (Wildman–Crippen LogP) is 10.9. The smallest absolute Gasteiger partial charge is 0.248 e. The van der Waals surface area contributed by atoms with Gasteiger partial charge in [-0.3, -0.25) is 0 Å². The average molecular weight is 647 g/mol. The largest absolute Gasteiger partial charge is 0.311 e. The molecule has 9 aromatic rings. The Bertz CT molecular complexity index is 2790. The van der Waals surface area contributed by atoms with E-state index in [-0.39, 0.29) is 6.71 Å². The van der Waals surface area contributed by atoms with E-state index in [0.717, 1.165) is 11.4 Å². The Hall–Kier alpha value is -6.58. The zero-order chi connectivity index (χ0) is 33.5. The highest BCUT2D eigenvalue weighted by atomic mass is 15.2. The first kappa shape index (κ1) is 28.3. The molecule has 51 heavy (non-hydrogen) atoms. The van der Waals surface area contributed by atoms with Crippen LogP contribution in [0.1, 0.15) is 0 Å². The third-order valence-corrected chi connectivity index (χ3v) is 11.0. The Morgan fingerprint density at radius 3 is 1.80 bits per heavy atom. The molecular weight excluding hydrogens is 615 g/mol.